The fraction of sp³-hybridized carbons (Fsp3) is 0.167. The SMILES string of the molecule is Cc1ccc(NC(=O)NC(=O)COC(=O)c2cccc(O)c2)cc1C. The molecule has 3 N–H and O–H groups in total. The van der Waals surface area contributed by atoms with Gasteiger partial charge in [-0.1, -0.05) is 12.1 Å². The van der Waals surface area contributed by atoms with Crippen LogP contribution in [-0.4, -0.2) is 29.6 Å². The van der Waals surface area contributed by atoms with E-state index < -0.39 is 24.5 Å². The lowest BCUT2D eigenvalue weighted by atomic mass is 10.1. The standard InChI is InChI=1S/C18H18N2O5/c1-11-6-7-14(8-12(11)2)19-18(24)20-16(22)10-25-17(23)13-4-3-5-15(21)9-13/h3-9,21H,10H2,1-2H3,(H2,19,20,22,24). The van der Waals surface area contributed by atoms with Crippen LogP contribution in [0.2, 0.25) is 0 Å². The molecule has 0 saturated heterocycles. The van der Waals surface area contributed by atoms with Gasteiger partial charge >= 0.3 is 12.0 Å². The van der Waals surface area contributed by atoms with Crippen molar-refractivity contribution in [3.8, 4) is 5.75 Å². The zero-order valence-electron chi connectivity index (χ0n) is 13.8. The quantitative estimate of drug-likeness (QED) is 0.741. The zero-order valence-corrected chi connectivity index (χ0v) is 13.8. The van der Waals surface area contributed by atoms with Crippen LogP contribution < -0.4 is 10.6 Å². The third-order valence-electron chi connectivity index (χ3n) is 3.43. The van der Waals surface area contributed by atoms with Gasteiger partial charge in [-0.3, -0.25) is 10.1 Å². The summed E-state index contributed by atoms with van der Waals surface area (Å²) in [6, 6.07) is 10.2. The molecule has 130 valence electrons. The fourth-order valence-electron chi connectivity index (χ4n) is 1.99. The van der Waals surface area contributed by atoms with Crippen LogP contribution in [-0.2, 0) is 9.53 Å². The maximum absolute atomic E-state index is 11.8. The van der Waals surface area contributed by atoms with Gasteiger partial charge in [0.25, 0.3) is 5.91 Å². The van der Waals surface area contributed by atoms with Crippen LogP contribution in [0.3, 0.4) is 0 Å². The molecular formula is C18H18N2O5. The van der Waals surface area contributed by atoms with Gasteiger partial charge < -0.3 is 15.2 Å². The molecule has 0 bridgehead atoms. The molecule has 0 heterocycles. The Morgan fingerprint density at radius 3 is 2.48 bits per heavy atom. The molecule has 2 aromatic rings. The van der Waals surface area contributed by atoms with Gasteiger partial charge in [-0.15, -0.1) is 0 Å². The summed E-state index contributed by atoms with van der Waals surface area (Å²) in [6.45, 7) is 3.24. The number of carbonyl (C=O) groups excluding carboxylic acids is 3. The molecule has 0 fully saturated rings. The van der Waals surface area contributed by atoms with E-state index in [1.54, 1.807) is 12.1 Å². The van der Waals surface area contributed by atoms with Crippen molar-refractivity contribution < 1.29 is 24.2 Å². The van der Waals surface area contributed by atoms with Gasteiger partial charge in [0.15, 0.2) is 6.61 Å². The Morgan fingerprint density at radius 1 is 1.04 bits per heavy atom. The largest absolute Gasteiger partial charge is 0.508 e. The highest BCUT2D eigenvalue weighted by atomic mass is 16.5. The van der Waals surface area contributed by atoms with Crippen molar-refractivity contribution in [2.75, 3.05) is 11.9 Å². The number of carbonyl (C=O) groups is 3. The number of imide groups is 1. The Balaban J connectivity index is 1.82. The molecule has 0 saturated carbocycles. The highest BCUT2D eigenvalue weighted by Gasteiger charge is 2.13. The van der Waals surface area contributed by atoms with Gasteiger partial charge in [-0.2, -0.15) is 0 Å². The molecule has 0 aliphatic carbocycles. The molecule has 25 heavy (non-hydrogen) atoms. The highest BCUT2D eigenvalue weighted by molar-refractivity contribution is 6.02. The fourth-order valence-corrected chi connectivity index (χ4v) is 1.99. The predicted molar refractivity (Wildman–Crippen MR) is 91.5 cm³/mol. The molecule has 2 aromatic carbocycles. The maximum Gasteiger partial charge on any atom is 0.338 e. The summed E-state index contributed by atoms with van der Waals surface area (Å²) in [5.41, 5.74) is 2.74. The second kappa shape index (κ2) is 7.96. The molecular weight excluding hydrogens is 324 g/mol. The molecule has 2 rings (SSSR count). The number of anilines is 1. The second-order valence-electron chi connectivity index (χ2n) is 5.43. The smallest absolute Gasteiger partial charge is 0.338 e. The number of urea groups is 1. The number of ether oxygens (including phenoxy) is 1. The van der Waals surface area contributed by atoms with Crippen LogP contribution in [0.1, 0.15) is 21.5 Å². The number of esters is 1. The number of amides is 3. The lowest BCUT2D eigenvalue weighted by Crippen LogP contribution is -2.37. The van der Waals surface area contributed by atoms with E-state index in [4.69, 9.17) is 4.74 Å². The molecule has 7 nitrogen and oxygen atoms in total. The Labute approximate surface area is 144 Å². The van der Waals surface area contributed by atoms with Gasteiger partial charge in [0.1, 0.15) is 5.75 Å². The lowest BCUT2D eigenvalue weighted by molar-refractivity contribution is -0.123. The number of hydrogen-bond acceptors (Lipinski definition) is 5. The predicted octanol–water partition coefficient (Wildman–Crippen LogP) is 2.51. The van der Waals surface area contributed by atoms with Crippen molar-refractivity contribution in [2.24, 2.45) is 0 Å². The third kappa shape index (κ3) is 5.35. The first kappa shape index (κ1) is 18.0. The number of nitrogens with one attached hydrogen (secondary N) is 2. The number of rotatable bonds is 4. The van der Waals surface area contributed by atoms with Crippen LogP contribution >= 0.6 is 0 Å². The molecule has 0 atom stereocenters. The topological polar surface area (TPSA) is 105 Å². The van der Waals surface area contributed by atoms with Crippen LogP contribution in [0.15, 0.2) is 42.5 Å². The minimum atomic E-state index is -0.777. The monoisotopic (exact) mass is 342 g/mol. The molecule has 7 heteroatoms. The normalized spacial score (nSPS) is 10.0. The van der Waals surface area contributed by atoms with Crippen LogP contribution in [0.5, 0.6) is 5.75 Å². The first-order valence-corrected chi connectivity index (χ1v) is 7.49. The molecule has 0 unspecified atom stereocenters. The van der Waals surface area contributed by atoms with Gasteiger partial charge in [0.2, 0.25) is 0 Å². The number of phenols is 1. The van der Waals surface area contributed by atoms with Crippen molar-refractivity contribution in [1.82, 2.24) is 5.32 Å². The average molecular weight is 342 g/mol. The summed E-state index contributed by atoms with van der Waals surface area (Å²) in [5, 5.41) is 13.9. The molecule has 0 radical (unpaired) electrons. The number of benzene rings is 2. The van der Waals surface area contributed by atoms with Crippen LogP contribution in [0, 0.1) is 13.8 Å². The molecule has 0 aromatic heterocycles. The Hall–Kier alpha value is -3.35. The van der Waals surface area contributed by atoms with Gasteiger partial charge in [-0.05, 0) is 55.3 Å². The average Bonchev–Trinajstić information content (AvgIpc) is 2.56. The van der Waals surface area contributed by atoms with Crippen molar-refractivity contribution in [1.29, 1.82) is 0 Å². The second-order valence-corrected chi connectivity index (χ2v) is 5.43. The van der Waals surface area contributed by atoms with E-state index in [0.717, 1.165) is 11.1 Å². The minimum Gasteiger partial charge on any atom is -0.508 e. The molecule has 0 aliphatic heterocycles. The number of hydrogen-bond donors (Lipinski definition) is 3. The third-order valence-corrected chi connectivity index (χ3v) is 3.43. The summed E-state index contributed by atoms with van der Waals surface area (Å²) in [4.78, 5) is 35.2. The van der Waals surface area contributed by atoms with E-state index in [2.05, 4.69) is 10.6 Å². The number of aromatic hydroxyl groups is 1. The van der Waals surface area contributed by atoms with Crippen molar-refractivity contribution in [2.45, 2.75) is 13.8 Å². The molecule has 0 spiro atoms. The van der Waals surface area contributed by atoms with E-state index in [9.17, 15) is 19.5 Å². The maximum atomic E-state index is 11.8. The Kier molecular flexibility index (Phi) is 5.73. The lowest BCUT2D eigenvalue weighted by Gasteiger charge is -2.09. The van der Waals surface area contributed by atoms with E-state index in [1.807, 2.05) is 19.9 Å². The van der Waals surface area contributed by atoms with Crippen LogP contribution in [0.4, 0.5) is 10.5 Å². The first-order valence-electron chi connectivity index (χ1n) is 7.49. The summed E-state index contributed by atoms with van der Waals surface area (Å²) in [6.07, 6.45) is 0. The van der Waals surface area contributed by atoms with E-state index in [-0.39, 0.29) is 11.3 Å². The highest BCUT2D eigenvalue weighted by Crippen LogP contribution is 2.14. The molecule has 3 amide bonds. The summed E-state index contributed by atoms with van der Waals surface area (Å²) in [5.74, 6) is -1.64. The summed E-state index contributed by atoms with van der Waals surface area (Å²) < 4.78 is 4.79. The van der Waals surface area contributed by atoms with Gasteiger partial charge in [0.05, 0.1) is 5.56 Å². The van der Waals surface area contributed by atoms with Crippen molar-refractivity contribution >= 4 is 23.6 Å². The minimum absolute atomic E-state index is 0.0910. The summed E-state index contributed by atoms with van der Waals surface area (Å²) >= 11 is 0. The van der Waals surface area contributed by atoms with Crippen molar-refractivity contribution in [3.05, 3.63) is 59.2 Å². The van der Waals surface area contributed by atoms with Gasteiger partial charge in [0, 0.05) is 5.69 Å². The Bertz CT molecular complexity index is 817. The number of phenolic OH excluding ortho intramolecular Hbond substituents is 1. The van der Waals surface area contributed by atoms with Gasteiger partial charge in [-0.25, -0.2) is 9.59 Å². The Morgan fingerprint density at radius 2 is 1.80 bits per heavy atom. The number of aryl methyl sites for hydroxylation is 2. The zero-order chi connectivity index (χ0) is 18.4. The van der Waals surface area contributed by atoms with E-state index in [1.165, 1.54) is 24.3 Å². The summed E-state index contributed by atoms with van der Waals surface area (Å²) in [7, 11) is 0. The first-order chi connectivity index (χ1) is 11.8. The molecule has 0 aliphatic rings. The van der Waals surface area contributed by atoms with Crippen molar-refractivity contribution in [3.63, 3.8) is 0 Å². The van der Waals surface area contributed by atoms with E-state index in [0.29, 0.717) is 5.69 Å². The van der Waals surface area contributed by atoms with Crippen LogP contribution in [0.25, 0.3) is 0 Å². The van der Waals surface area contributed by atoms with E-state index >= 15 is 0 Å².